The molecular weight excluding hydrogens is 543 g/mol. The molecule has 0 bridgehead atoms. The van der Waals surface area contributed by atoms with Crippen LogP contribution in [0.25, 0.3) is 0 Å². The number of nitrogens with zero attached hydrogens (tertiary/aromatic N) is 3. The molecule has 2 heterocycles. The largest absolute Gasteiger partial charge is 0.488 e. The number of rotatable bonds is 12. The molecule has 1 aliphatic heterocycles. The molecule has 12 heteroatoms. The molecule has 0 radical (unpaired) electrons. The Hall–Kier alpha value is -2.96. The number of hydrogen-bond acceptors (Lipinski definition) is 9. The summed E-state index contributed by atoms with van der Waals surface area (Å²) in [6.45, 7) is 6.80. The fourth-order valence-electron chi connectivity index (χ4n) is 4.45. The van der Waals surface area contributed by atoms with Crippen molar-refractivity contribution in [3.05, 3.63) is 65.2 Å². The number of aromatic nitrogens is 1. The number of pyridine rings is 1. The number of esters is 1. The fraction of sp³-hybridized carbons (Fsp3) is 0.500. The van der Waals surface area contributed by atoms with Crippen LogP contribution in [0.15, 0.2) is 53.5 Å². The van der Waals surface area contributed by atoms with Crippen molar-refractivity contribution in [3.8, 4) is 5.75 Å². The second kappa shape index (κ2) is 14.6. The number of alkyl halides is 3. The van der Waals surface area contributed by atoms with Gasteiger partial charge in [0.05, 0.1) is 23.5 Å². The van der Waals surface area contributed by atoms with Crippen molar-refractivity contribution in [2.45, 2.75) is 76.1 Å². The van der Waals surface area contributed by atoms with Gasteiger partial charge in [0.25, 0.3) is 0 Å². The molecule has 1 aromatic heterocycles. The lowest BCUT2D eigenvalue weighted by Crippen LogP contribution is -2.29. The average Bonchev–Trinajstić information content (AvgIpc) is 3.09. The van der Waals surface area contributed by atoms with Crippen LogP contribution in [0.3, 0.4) is 0 Å². The van der Waals surface area contributed by atoms with Crippen LogP contribution in [0.5, 0.6) is 5.75 Å². The van der Waals surface area contributed by atoms with Gasteiger partial charge in [0.15, 0.2) is 0 Å². The maximum absolute atomic E-state index is 14.1. The second-order valence-corrected chi connectivity index (χ2v) is 10.7. The van der Waals surface area contributed by atoms with Crippen LogP contribution < -0.4 is 16.3 Å². The van der Waals surface area contributed by atoms with E-state index in [0.29, 0.717) is 49.4 Å². The molecule has 1 aromatic carbocycles. The third-order valence-electron chi connectivity index (χ3n) is 6.58. The number of halogens is 3. The maximum atomic E-state index is 14.1. The highest BCUT2D eigenvalue weighted by atomic mass is 32.2. The van der Waals surface area contributed by atoms with Crippen LogP contribution in [0.1, 0.15) is 69.1 Å². The summed E-state index contributed by atoms with van der Waals surface area (Å²) in [5, 5.41) is 1.45. The standard InChI is InChI=1S/C28H38F3N5O3S/c1-4-23-18-36(40-26-15-34-12-11-25(26)39-23)16-21-13-19(8-10-24(21)28(29,30)31)20(14-27(37)38-6-3)7-9-22(32)17-35(33)5-2/h8,10-13,15,17,20,23H,4-7,9,14,16,18,32-33H2,1-3H3/b22-17-/t20?,23-/m1/s1. The van der Waals surface area contributed by atoms with E-state index in [1.54, 1.807) is 37.7 Å². The molecule has 0 aliphatic carbocycles. The SMILES string of the molecule is CCOC(=O)CC(CC/C(N)=C/N(N)CC)c1ccc(C(F)(F)F)c(CN2C[C@@H](CC)Oc3ccncc3S2)c1. The third-order valence-corrected chi connectivity index (χ3v) is 7.62. The minimum atomic E-state index is -4.54. The number of nitrogens with two attached hydrogens (primary N) is 2. The highest BCUT2D eigenvalue weighted by Gasteiger charge is 2.35. The summed E-state index contributed by atoms with van der Waals surface area (Å²) in [4.78, 5) is 17.3. The van der Waals surface area contributed by atoms with E-state index in [1.807, 2.05) is 18.2 Å². The van der Waals surface area contributed by atoms with Gasteiger partial charge in [-0.3, -0.25) is 9.78 Å². The van der Waals surface area contributed by atoms with Crippen molar-refractivity contribution >= 4 is 17.9 Å². The number of allylic oxidation sites excluding steroid dienone is 1. The molecule has 4 N–H and O–H groups in total. The Morgan fingerprint density at radius 3 is 2.77 bits per heavy atom. The quantitative estimate of drug-likeness (QED) is 0.143. The minimum Gasteiger partial charge on any atom is -0.488 e. The molecule has 40 heavy (non-hydrogen) atoms. The number of carbonyl (C=O) groups is 1. The number of hydrogen-bond donors (Lipinski definition) is 2. The van der Waals surface area contributed by atoms with Crippen molar-refractivity contribution in [1.29, 1.82) is 0 Å². The van der Waals surface area contributed by atoms with Gasteiger partial charge in [-0.15, -0.1) is 0 Å². The highest BCUT2D eigenvalue weighted by Crippen LogP contribution is 2.40. The van der Waals surface area contributed by atoms with Gasteiger partial charge in [-0.1, -0.05) is 19.1 Å². The van der Waals surface area contributed by atoms with E-state index in [-0.39, 0.29) is 31.2 Å². The van der Waals surface area contributed by atoms with Crippen LogP contribution in [0, 0.1) is 0 Å². The lowest BCUT2D eigenvalue weighted by Gasteiger charge is -2.25. The van der Waals surface area contributed by atoms with Gasteiger partial charge in [-0.25, -0.2) is 10.1 Å². The lowest BCUT2D eigenvalue weighted by molar-refractivity contribution is -0.143. The third kappa shape index (κ3) is 9.03. The van der Waals surface area contributed by atoms with Crippen LogP contribution in [-0.4, -0.2) is 46.1 Å². The average molecular weight is 582 g/mol. The van der Waals surface area contributed by atoms with Gasteiger partial charge in [0.1, 0.15) is 11.9 Å². The molecule has 1 unspecified atom stereocenters. The predicted octanol–water partition coefficient (Wildman–Crippen LogP) is 5.59. The van der Waals surface area contributed by atoms with Crippen LogP contribution >= 0.6 is 11.9 Å². The van der Waals surface area contributed by atoms with Crippen molar-refractivity contribution in [2.75, 3.05) is 19.7 Å². The van der Waals surface area contributed by atoms with Crippen LogP contribution in [0.2, 0.25) is 0 Å². The normalized spacial score (nSPS) is 17.0. The maximum Gasteiger partial charge on any atom is 0.416 e. The first kappa shape index (κ1) is 31.6. The van der Waals surface area contributed by atoms with E-state index in [9.17, 15) is 18.0 Å². The Labute approximate surface area is 238 Å². The van der Waals surface area contributed by atoms with Gasteiger partial charge in [-0.05, 0) is 74.2 Å². The van der Waals surface area contributed by atoms with E-state index in [4.69, 9.17) is 21.1 Å². The Morgan fingerprint density at radius 1 is 1.32 bits per heavy atom. The molecule has 0 spiro atoms. The van der Waals surface area contributed by atoms with Gasteiger partial charge in [0, 0.05) is 43.9 Å². The monoisotopic (exact) mass is 581 g/mol. The van der Waals surface area contributed by atoms with E-state index in [2.05, 4.69) is 4.98 Å². The molecule has 0 amide bonds. The molecule has 1 aliphatic rings. The summed E-state index contributed by atoms with van der Waals surface area (Å²) in [5.41, 5.74) is 6.68. The fourth-order valence-corrected chi connectivity index (χ4v) is 5.48. The molecule has 3 rings (SSSR count). The van der Waals surface area contributed by atoms with E-state index >= 15 is 0 Å². The summed E-state index contributed by atoms with van der Waals surface area (Å²) < 4.78 is 55.5. The Morgan fingerprint density at radius 2 is 2.10 bits per heavy atom. The van der Waals surface area contributed by atoms with Crippen LogP contribution in [-0.2, 0) is 22.3 Å². The number of benzene rings is 1. The molecule has 8 nitrogen and oxygen atoms in total. The highest BCUT2D eigenvalue weighted by molar-refractivity contribution is 7.97. The van der Waals surface area contributed by atoms with Crippen LogP contribution in [0.4, 0.5) is 13.2 Å². The van der Waals surface area contributed by atoms with E-state index < -0.39 is 23.6 Å². The zero-order valence-electron chi connectivity index (χ0n) is 23.1. The Balaban J connectivity index is 1.94. The molecule has 0 saturated heterocycles. The molecule has 2 atom stereocenters. The minimum absolute atomic E-state index is 0.0222. The summed E-state index contributed by atoms with van der Waals surface area (Å²) in [7, 11) is 0. The van der Waals surface area contributed by atoms with Gasteiger partial charge < -0.3 is 20.2 Å². The topological polar surface area (TPSA) is 107 Å². The zero-order valence-corrected chi connectivity index (χ0v) is 23.9. The second-order valence-electron chi connectivity index (χ2n) is 9.58. The Kier molecular flexibility index (Phi) is 11.5. The number of hydrazine groups is 1. The first-order chi connectivity index (χ1) is 19.0. The number of ether oxygens (including phenoxy) is 2. The van der Waals surface area contributed by atoms with E-state index in [0.717, 1.165) is 11.0 Å². The zero-order chi connectivity index (χ0) is 29.3. The van der Waals surface area contributed by atoms with Crippen molar-refractivity contribution < 1.29 is 27.4 Å². The van der Waals surface area contributed by atoms with E-state index in [1.165, 1.54) is 23.0 Å². The van der Waals surface area contributed by atoms with Crippen molar-refractivity contribution in [2.24, 2.45) is 11.6 Å². The van der Waals surface area contributed by atoms with Crippen molar-refractivity contribution in [1.82, 2.24) is 14.3 Å². The molecule has 220 valence electrons. The summed E-state index contributed by atoms with van der Waals surface area (Å²) in [6.07, 6.45) is 1.74. The summed E-state index contributed by atoms with van der Waals surface area (Å²) in [6, 6.07) is 5.88. The summed E-state index contributed by atoms with van der Waals surface area (Å²) >= 11 is 1.33. The molecular formula is C28H38F3N5O3S. The molecule has 2 aromatic rings. The lowest BCUT2D eigenvalue weighted by atomic mass is 9.88. The molecule has 0 fully saturated rings. The first-order valence-corrected chi connectivity index (χ1v) is 14.2. The van der Waals surface area contributed by atoms with Gasteiger partial charge >= 0.3 is 12.1 Å². The van der Waals surface area contributed by atoms with Gasteiger partial charge in [0.2, 0.25) is 0 Å². The molecule has 0 saturated carbocycles. The Bertz CT molecular complexity index is 1160. The smallest absolute Gasteiger partial charge is 0.416 e. The van der Waals surface area contributed by atoms with Crippen molar-refractivity contribution in [3.63, 3.8) is 0 Å². The number of fused-ring (bicyclic) bond motifs is 1. The number of carbonyl (C=O) groups excluding carboxylic acids is 1. The van der Waals surface area contributed by atoms with Gasteiger partial charge in [-0.2, -0.15) is 13.2 Å². The first-order valence-electron chi connectivity index (χ1n) is 13.4. The summed E-state index contributed by atoms with van der Waals surface area (Å²) in [5.74, 6) is 5.67. The predicted molar refractivity (Wildman–Crippen MR) is 149 cm³/mol.